The predicted molar refractivity (Wildman–Crippen MR) is 334 cm³/mol. The minimum Gasteiger partial charge on any atom is -0.462 e. The zero-order valence-electron chi connectivity index (χ0n) is 50.2. The Morgan fingerprint density at radius 1 is 0.273 bits per heavy atom. The van der Waals surface area contributed by atoms with Gasteiger partial charge in [0.1, 0.15) is 13.2 Å². The summed E-state index contributed by atoms with van der Waals surface area (Å²) >= 11 is 0. The number of rotatable bonds is 57. The van der Waals surface area contributed by atoms with Crippen LogP contribution < -0.4 is 0 Å². The smallest absolute Gasteiger partial charge is 0.306 e. The number of carbonyl (C=O) groups excluding carboxylic acids is 3. The number of hydrogen-bond acceptors (Lipinski definition) is 6. The molecule has 77 heavy (non-hydrogen) atoms. The molecule has 0 saturated carbocycles. The Morgan fingerprint density at radius 3 is 0.792 bits per heavy atom. The number of hydrogen-bond donors (Lipinski definition) is 0. The zero-order valence-corrected chi connectivity index (χ0v) is 50.2. The molecular weight excluding hydrogens is 949 g/mol. The first kappa shape index (κ1) is 72.8. The van der Waals surface area contributed by atoms with Crippen molar-refractivity contribution in [3.8, 4) is 0 Å². The molecule has 0 amide bonds. The standard InChI is InChI=1S/C71H118O6/c1-4-7-10-13-16-18-20-22-24-26-28-30-32-33-34-35-36-37-39-40-42-44-46-48-50-52-55-58-61-64-70(73)76-67-68(66-75-69(72)63-60-57-54-15-12-9-6-3)77-71(74)65-62-59-56-53-51-49-47-45-43-41-38-31-29-27-25-23-21-19-17-14-11-8-5-2/h7-8,10-11,16-19,22-25,28-31,33-34,36-37,68H,4-6,9,12-15,20-21,26-27,32,35,38-67H2,1-3H3/b10-7-,11-8-,18-16-,19-17-,24-22-,25-23-,30-28-,31-29-,34-33-,37-36-. The van der Waals surface area contributed by atoms with E-state index in [1.54, 1.807) is 0 Å². The highest BCUT2D eigenvalue weighted by molar-refractivity contribution is 5.71. The van der Waals surface area contributed by atoms with Crippen molar-refractivity contribution in [3.63, 3.8) is 0 Å². The van der Waals surface area contributed by atoms with Gasteiger partial charge in [-0.05, 0) is 109 Å². The molecule has 0 fully saturated rings. The van der Waals surface area contributed by atoms with E-state index in [-0.39, 0.29) is 31.1 Å². The quantitative estimate of drug-likeness (QED) is 0.0261. The monoisotopic (exact) mass is 1070 g/mol. The highest BCUT2D eigenvalue weighted by atomic mass is 16.6. The van der Waals surface area contributed by atoms with Gasteiger partial charge in [0.2, 0.25) is 0 Å². The molecule has 438 valence electrons. The Morgan fingerprint density at radius 2 is 0.506 bits per heavy atom. The molecule has 6 heteroatoms. The first-order valence-corrected chi connectivity index (χ1v) is 32.0. The summed E-state index contributed by atoms with van der Waals surface area (Å²) in [4.78, 5) is 38.1. The molecule has 0 aliphatic heterocycles. The SMILES string of the molecule is CC/C=C\C/C=C\C/C=C\C/C=C\C/C=C\C/C=C\CCCCCCCCCCCCC(=O)OCC(COC(=O)CCCCCCCCC)OC(=O)CCCCCCCCCCCC/C=C\C/C=C\C/C=C\C/C=C\CC. The van der Waals surface area contributed by atoms with Crippen molar-refractivity contribution in [3.05, 3.63) is 122 Å². The molecule has 0 aromatic carbocycles. The zero-order chi connectivity index (χ0) is 55.7. The molecule has 1 unspecified atom stereocenters. The van der Waals surface area contributed by atoms with Crippen LogP contribution in [0.15, 0.2) is 122 Å². The van der Waals surface area contributed by atoms with Gasteiger partial charge in [0, 0.05) is 19.3 Å². The second-order valence-corrected chi connectivity index (χ2v) is 20.9. The van der Waals surface area contributed by atoms with Crippen LogP contribution in [0, 0.1) is 0 Å². The van der Waals surface area contributed by atoms with Gasteiger partial charge in [0.25, 0.3) is 0 Å². The normalized spacial score (nSPS) is 12.9. The molecule has 0 rings (SSSR count). The predicted octanol–water partition coefficient (Wildman–Crippen LogP) is 22.0. The number of unbranched alkanes of at least 4 members (excludes halogenated alkanes) is 26. The fraction of sp³-hybridized carbons (Fsp3) is 0.676. The van der Waals surface area contributed by atoms with Crippen molar-refractivity contribution >= 4 is 17.9 Å². The number of esters is 3. The van der Waals surface area contributed by atoms with Crippen molar-refractivity contribution in [2.24, 2.45) is 0 Å². The molecule has 0 radical (unpaired) electrons. The van der Waals surface area contributed by atoms with Crippen molar-refractivity contribution in [1.29, 1.82) is 0 Å². The van der Waals surface area contributed by atoms with E-state index in [1.807, 2.05) is 0 Å². The maximum absolute atomic E-state index is 12.9. The molecular formula is C71H118O6. The van der Waals surface area contributed by atoms with Gasteiger partial charge in [-0.1, -0.05) is 284 Å². The topological polar surface area (TPSA) is 78.9 Å². The molecule has 1 atom stereocenters. The molecule has 0 aromatic heterocycles. The summed E-state index contributed by atoms with van der Waals surface area (Å²) in [6.07, 6.45) is 89.4. The van der Waals surface area contributed by atoms with E-state index in [2.05, 4.69) is 142 Å². The Hall–Kier alpha value is -4.19. The van der Waals surface area contributed by atoms with Crippen LogP contribution in [0.5, 0.6) is 0 Å². The van der Waals surface area contributed by atoms with Crippen LogP contribution >= 0.6 is 0 Å². The van der Waals surface area contributed by atoms with Gasteiger partial charge in [0.15, 0.2) is 6.10 Å². The molecule has 0 N–H and O–H groups in total. The average Bonchev–Trinajstić information content (AvgIpc) is 3.43. The third kappa shape index (κ3) is 62.5. The van der Waals surface area contributed by atoms with Crippen molar-refractivity contribution in [2.75, 3.05) is 13.2 Å². The van der Waals surface area contributed by atoms with Crippen molar-refractivity contribution in [1.82, 2.24) is 0 Å². The van der Waals surface area contributed by atoms with E-state index in [4.69, 9.17) is 14.2 Å². The molecule has 0 heterocycles. The van der Waals surface area contributed by atoms with Gasteiger partial charge >= 0.3 is 17.9 Å². The summed E-state index contributed by atoms with van der Waals surface area (Å²) in [5.41, 5.74) is 0. The molecule has 0 aliphatic carbocycles. The average molecular weight is 1070 g/mol. The van der Waals surface area contributed by atoms with Crippen LogP contribution in [-0.4, -0.2) is 37.2 Å². The number of ether oxygens (including phenoxy) is 3. The van der Waals surface area contributed by atoms with Crippen LogP contribution in [0.3, 0.4) is 0 Å². The Balaban J connectivity index is 4.16. The Labute approximate surface area is 475 Å². The summed E-state index contributed by atoms with van der Waals surface area (Å²) in [7, 11) is 0. The second kappa shape index (κ2) is 64.3. The highest BCUT2D eigenvalue weighted by Gasteiger charge is 2.19. The van der Waals surface area contributed by atoms with Crippen LogP contribution in [0.4, 0.5) is 0 Å². The lowest BCUT2D eigenvalue weighted by atomic mass is 10.0. The van der Waals surface area contributed by atoms with Gasteiger partial charge in [-0.15, -0.1) is 0 Å². The highest BCUT2D eigenvalue weighted by Crippen LogP contribution is 2.16. The molecule has 0 saturated heterocycles. The summed E-state index contributed by atoms with van der Waals surface area (Å²) < 4.78 is 16.8. The third-order valence-corrected chi connectivity index (χ3v) is 13.5. The number of carbonyl (C=O) groups is 3. The van der Waals surface area contributed by atoms with Crippen molar-refractivity contribution < 1.29 is 28.6 Å². The maximum atomic E-state index is 12.9. The van der Waals surface area contributed by atoms with Gasteiger partial charge in [-0.3, -0.25) is 14.4 Å². The van der Waals surface area contributed by atoms with E-state index in [0.29, 0.717) is 19.3 Å². The van der Waals surface area contributed by atoms with Crippen molar-refractivity contribution in [2.45, 2.75) is 297 Å². The fourth-order valence-electron chi connectivity index (χ4n) is 8.73. The molecule has 0 aromatic rings. The third-order valence-electron chi connectivity index (χ3n) is 13.5. The summed E-state index contributed by atoms with van der Waals surface area (Å²) in [5.74, 6) is -0.892. The van der Waals surface area contributed by atoms with Gasteiger partial charge in [-0.25, -0.2) is 0 Å². The fourth-order valence-corrected chi connectivity index (χ4v) is 8.73. The Bertz CT molecular complexity index is 1600. The summed E-state index contributed by atoms with van der Waals surface area (Å²) in [6.45, 7) is 6.38. The molecule has 0 spiro atoms. The molecule has 6 nitrogen and oxygen atoms in total. The van der Waals surface area contributed by atoms with Gasteiger partial charge in [-0.2, -0.15) is 0 Å². The van der Waals surface area contributed by atoms with E-state index in [0.717, 1.165) is 122 Å². The van der Waals surface area contributed by atoms with Gasteiger partial charge < -0.3 is 14.2 Å². The van der Waals surface area contributed by atoms with E-state index >= 15 is 0 Å². The van der Waals surface area contributed by atoms with Crippen LogP contribution in [0.25, 0.3) is 0 Å². The maximum Gasteiger partial charge on any atom is 0.306 e. The summed E-state index contributed by atoms with van der Waals surface area (Å²) in [5, 5.41) is 0. The first-order valence-electron chi connectivity index (χ1n) is 32.0. The summed E-state index contributed by atoms with van der Waals surface area (Å²) in [6, 6.07) is 0. The lowest BCUT2D eigenvalue weighted by molar-refractivity contribution is -0.167. The minimum atomic E-state index is -0.782. The largest absolute Gasteiger partial charge is 0.462 e. The number of allylic oxidation sites excluding steroid dienone is 20. The van der Waals surface area contributed by atoms with E-state index in [9.17, 15) is 14.4 Å². The Kier molecular flexibility index (Phi) is 60.8. The second-order valence-electron chi connectivity index (χ2n) is 20.9. The minimum absolute atomic E-state index is 0.0811. The van der Waals surface area contributed by atoms with Crippen LogP contribution in [0.1, 0.15) is 290 Å². The van der Waals surface area contributed by atoms with Gasteiger partial charge in [0.05, 0.1) is 0 Å². The van der Waals surface area contributed by atoms with E-state index in [1.165, 1.54) is 128 Å². The first-order chi connectivity index (χ1) is 38.0. The molecule has 0 bridgehead atoms. The van der Waals surface area contributed by atoms with Crippen LogP contribution in [-0.2, 0) is 28.6 Å². The lowest BCUT2D eigenvalue weighted by Crippen LogP contribution is -2.30. The molecule has 0 aliphatic rings. The van der Waals surface area contributed by atoms with E-state index < -0.39 is 6.10 Å². The lowest BCUT2D eigenvalue weighted by Gasteiger charge is -2.18. The van der Waals surface area contributed by atoms with Crippen LogP contribution in [0.2, 0.25) is 0 Å².